The smallest absolute Gasteiger partial charge is 0.221 e. The highest BCUT2D eigenvalue weighted by molar-refractivity contribution is 5.76. The van der Waals surface area contributed by atoms with Gasteiger partial charge in [-0.05, 0) is 13.3 Å². The molecule has 0 rings (SSSR count). The highest BCUT2D eigenvalue weighted by Gasteiger charge is 2.07. The van der Waals surface area contributed by atoms with Crippen LogP contribution in [0.15, 0.2) is 0 Å². The van der Waals surface area contributed by atoms with Crippen LogP contribution in [0, 0.1) is 0 Å². The van der Waals surface area contributed by atoms with Crippen LogP contribution in [-0.2, 0) is 4.79 Å². The van der Waals surface area contributed by atoms with Crippen LogP contribution in [0.4, 0.5) is 0 Å². The molecule has 0 bridgehead atoms. The molecular formula is C8H18N2O2. The molecule has 1 amide bonds. The van der Waals surface area contributed by atoms with E-state index < -0.39 is 6.10 Å². The quantitative estimate of drug-likeness (QED) is 0.531. The Morgan fingerprint density at radius 2 is 2.25 bits per heavy atom. The summed E-state index contributed by atoms with van der Waals surface area (Å²) in [5.74, 6) is -0.0924. The van der Waals surface area contributed by atoms with Crippen LogP contribution in [-0.4, -0.2) is 29.7 Å². The predicted octanol–water partition coefficient (Wildman–Crippen LogP) is -0.389. The van der Waals surface area contributed by atoms with Crippen LogP contribution in [0.3, 0.4) is 0 Å². The van der Waals surface area contributed by atoms with Crippen LogP contribution in [0.25, 0.3) is 0 Å². The molecule has 0 aromatic heterocycles. The zero-order chi connectivity index (χ0) is 9.56. The Morgan fingerprint density at radius 1 is 1.67 bits per heavy atom. The Bertz CT molecular complexity index is 137. The Labute approximate surface area is 73.1 Å². The van der Waals surface area contributed by atoms with E-state index in [1.54, 1.807) is 6.92 Å². The number of aliphatic hydroxyl groups is 1. The first kappa shape index (κ1) is 11.4. The van der Waals surface area contributed by atoms with E-state index in [0.717, 1.165) is 6.42 Å². The van der Waals surface area contributed by atoms with Crippen molar-refractivity contribution in [3.05, 3.63) is 0 Å². The third-order valence-corrected chi connectivity index (χ3v) is 1.57. The number of amides is 1. The molecule has 0 aromatic carbocycles. The topological polar surface area (TPSA) is 75.4 Å². The monoisotopic (exact) mass is 174 g/mol. The molecular weight excluding hydrogens is 156 g/mol. The van der Waals surface area contributed by atoms with Gasteiger partial charge < -0.3 is 16.2 Å². The molecule has 0 aliphatic carbocycles. The van der Waals surface area contributed by atoms with Crippen LogP contribution >= 0.6 is 0 Å². The molecule has 12 heavy (non-hydrogen) atoms. The minimum atomic E-state index is -0.494. The second-order valence-corrected chi connectivity index (χ2v) is 3.03. The third-order valence-electron chi connectivity index (χ3n) is 1.57. The van der Waals surface area contributed by atoms with E-state index in [9.17, 15) is 4.79 Å². The van der Waals surface area contributed by atoms with E-state index in [0.29, 0.717) is 13.0 Å². The van der Waals surface area contributed by atoms with Crippen molar-refractivity contribution in [1.29, 1.82) is 0 Å². The lowest BCUT2D eigenvalue weighted by atomic mass is 10.1. The first-order valence-electron chi connectivity index (χ1n) is 4.26. The fourth-order valence-corrected chi connectivity index (χ4v) is 0.716. The Kier molecular flexibility index (Phi) is 5.66. The summed E-state index contributed by atoms with van der Waals surface area (Å²) in [6.45, 7) is 3.86. The van der Waals surface area contributed by atoms with Crippen LogP contribution < -0.4 is 11.1 Å². The lowest BCUT2D eigenvalue weighted by Gasteiger charge is -2.10. The second kappa shape index (κ2) is 5.97. The van der Waals surface area contributed by atoms with E-state index >= 15 is 0 Å². The summed E-state index contributed by atoms with van der Waals surface area (Å²) in [5, 5.41) is 11.4. The first-order valence-corrected chi connectivity index (χ1v) is 4.26. The van der Waals surface area contributed by atoms with E-state index in [1.807, 2.05) is 6.92 Å². The number of nitrogens with two attached hydrogens (primary N) is 1. The van der Waals surface area contributed by atoms with Gasteiger partial charge in [0.15, 0.2) is 0 Å². The fourth-order valence-electron chi connectivity index (χ4n) is 0.716. The molecule has 0 spiro atoms. The van der Waals surface area contributed by atoms with Crippen LogP contribution in [0.5, 0.6) is 0 Å². The summed E-state index contributed by atoms with van der Waals surface area (Å²) < 4.78 is 0. The summed E-state index contributed by atoms with van der Waals surface area (Å²) in [5.41, 5.74) is 5.56. The lowest BCUT2D eigenvalue weighted by Crippen LogP contribution is -2.34. The number of hydrogen-bond donors (Lipinski definition) is 3. The zero-order valence-corrected chi connectivity index (χ0v) is 7.71. The van der Waals surface area contributed by atoms with Gasteiger partial charge in [-0.15, -0.1) is 0 Å². The van der Waals surface area contributed by atoms with Crippen molar-refractivity contribution >= 4 is 5.91 Å². The Balaban J connectivity index is 3.46. The number of aliphatic hydroxyl groups excluding tert-OH is 1. The van der Waals surface area contributed by atoms with Gasteiger partial charge >= 0.3 is 0 Å². The van der Waals surface area contributed by atoms with Gasteiger partial charge in [0.25, 0.3) is 0 Å². The third kappa shape index (κ3) is 6.12. The van der Waals surface area contributed by atoms with Gasteiger partial charge in [-0.1, -0.05) is 6.92 Å². The van der Waals surface area contributed by atoms with Gasteiger partial charge in [0, 0.05) is 19.0 Å². The van der Waals surface area contributed by atoms with Crippen LogP contribution in [0.2, 0.25) is 0 Å². The number of nitrogens with one attached hydrogen (secondary N) is 1. The summed E-state index contributed by atoms with van der Waals surface area (Å²) >= 11 is 0. The maximum absolute atomic E-state index is 11.0. The van der Waals surface area contributed by atoms with Crippen molar-refractivity contribution in [3.63, 3.8) is 0 Å². The highest BCUT2D eigenvalue weighted by atomic mass is 16.3. The molecule has 2 atom stereocenters. The van der Waals surface area contributed by atoms with Gasteiger partial charge in [-0.2, -0.15) is 0 Å². The molecule has 4 heteroatoms. The van der Waals surface area contributed by atoms with Crippen molar-refractivity contribution in [2.24, 2.45) is 5.73 Å². The van der Waals surface area contributed by atoms with Crippen molar-refractivity contribution in [1.82, 2.24) is 5.32 Å². The van der Waals surface area contributed by atoms with E-state index in [4.69, 9.17) is 10.8 Å². The SMILES string of the molecule is CCC(N)CC(=O)NC[C@@H](C)O. The zero-order valence-electron chi connectivity index (χ0n) is 7.71. The molecule has 0 aromatic rings. The van der Waals surface area contributed by atoms with Gasteiger partial charge in [0.2, 0.25) is 5.91 Å². The fraction of sp³-hybridized carbons (Fsp3) is 0.875. The maximum Gasteiger partial charge on any atom is 0.221 e. The number of carbonyl (C=O) groups excluding carboxylic acids is 1. The predicted molar refractivity (Wildman–Crippen MR) is 47.6 cm³/mol. The molecule has 0 radical (unpaired) electrons. The summed E-state index contributed by atoms with van der Waals surface area (Å²) in [6.07, 6.45) is 0.637. The summed E-state index contributed by atoms with van der Waals surface area (Å²) in [7, 11) is 0. The molecule has 4 N–H and O–H groups in total. The largest absolute Gasteiger partial charge is 0.392 e. The van der Waals surface area contributed by atoms with Crippen molar-refractivity contribution in [2.75, 3.05) is 6.54 Å². The summed E-state index contributed by atoms with van der Waals surface area (Å²) in [6, 6.07) is -0.0704. The molecule has 0 aliphatic heterocycles. The van der Waals surface area contributed by atoms with Crippen molar-refractivity contribution in [2.45, 2.75) is 38.8 Å². The molecule has 0 fully saturated rings. The molecule has 0 heterocycles. The first-order chi connectivity index (χ1) is 5.56. The van der Waals surface area contributed by atoms with Gasteiger partial charge in [-0.25, -0.2) is 0 Å². The summed E-state index contributed by atoms with van der Waals surface area (Å²) in [4.78, 5) is 11.0. The number of hydrogen-bond acceptors (Lipinski definition) is 3. The Morgan fingerprint density at radius 3 is 2.67 bits per heavy atom. The lowest BCUT2D eigenvalue weighted by molar-refractivity contribution is -0.121. The van der Waals surface area contributed by atoms with Gasteiger partial charge in [0.1, 0.15) is 0 Å². The molecule has 0 aliphatic rings. The van der Waals surface area contributed by atoms with E-state index in [-0.39, 0.29) is 11.9 Å². The van der Waals surface area contributed by atoms with Crippen LogP contribution in [0.1, 0.15) is 26.7 Å². The molecule has 1 unspecified atom stereocenters. The van der Waals surface area contributed by atoms with Crippen molar-refractivity contribution < 1.29 is 9.90 Å². The van der Waals surface area contributed by atoms with Crippen molar-refractivity contribution in [3.8, 4) is 0 Å². The minimum absolute atomic E-state index is 0.0704. The Hall–Kier alpha value is -0.610. The molecule has 0 saturated heterocycles. The van der Waals surface area contributed by atoms with Gasteiger partial charge in [0.05, 0.1) is 6.10 Å². The number of rotatable bonds is 5. The highest BCUT2D eigenvalue weighted by Crippen LogP contribution is 1.92. The van der Waals surface area contributed by atoms with Gasteiger partial charge in [-0.3, -0.25) is 4.79 Å². The maximum atomic E-state index is 11.0. The molecule has 4 nitrogen and oxygen atoms in total. The second-order valence-electron chi connectivity index (χ2n) is 3.03. The van der Waals surface area contributed by atoms with E-state index in [2.05, 4.69) is 5.32 Å². The normalized spacial score (nSPS) is 15.3. The molecule has 0 saturated carbocycles. The molecule has 72 valence electrons. The minimum Gasteiger partial charge on any atom is -0.392 e. The average Bonchev–Trinajstić information content (AvgIpc) is 2.00. The van der Waals surface area contributed by atoms with E-state index in [1.165, 1.54) is 0 Å². The average molecular weight is 174 g/mol. The standard InChI is InChI=1S/C8H18N2O2/c1-3-7(9)4-8(12)10-5-6(2)11/h6-7,11H,3-5,9H2,1-2H3,(H,10,12)/t6-,7?/m1/s1. The number of carbonyl (C=O) groups is 1.